The summed E-state index contributed by atoms with van der Waals surface area (Å²) in [7, 11) is 0. The van der Waals surface area contributed by atoms with Gasteiger partial charge in [-0.15, -0.1) is 0 Å². The maximum Gasteiger partial charge on any atom is 0.326 e. The smallest absolute Gasteiger partial charge is 0.326 e. The number of para-hydroxylation sites is 2. The van der Waals surface area contributed by atoms with E-state index in [4.69, 9.17) is 9.47 Å². The molecule has 0 spiro atoms. The van der Waals surface area contributed by atoms with E-state index in [2.05, 4.69) is 10.9 Å². The SMILES string of the molecule is CC(=O)NNC(=O)COC(=O)CN1C(=O)CCOc2ccccc21. The second-order valence-electron chi connectivity index (χ2n) is 4.94. The Kier molecular flexibility index (Phi) is 5.72. The molecule has 24 heavy (non-hydrogen) atoms. The molecule has 1 heterocycles. The normalized spacial score (nSPS) is 13.2. The zero-order valence-corrected chi connectivity index (χ0v) is 13.0. The molecule has 128 valence electrons. The number of nitrogens with one attached hydrogen (secondary N) is 2. The van der Waals surface area contributed by atoms with Gasteiger partial charge in [0.1, 0.15) is 12.3 Å². The minimum absolute atomic E-state index is 0.130. The molecular weight excluding hydrogens is 318 g/mol. The zero-order valence-electron chi connectivity index (χ0n) is 13.0. The largest absolute Gasteiger partial charge is 0.491 e. The van der Waals surface area contributed by atoms with Gasteiger partial charge in [0.05, 0.1) is 18.7 Å². The molecule has 9 heteroatoms. The second kappa shape index (κ2) is 7.95. The molecule has 0 atom stereocenters. The van der Waals surface area contributed by atoms with Crippen LogP contribution in [0.1, 0.15) is 13.3 Å². The molecule has 3 amide bonds. The van der Waals surface area contributed by atoms with Gasteiger partial charge < -0.3 is 9.47 Å². The third-order valence-corrected chi connectivity index (χ3v) is 3.06. The monoisotopic (exact) mass is 335 g/mol. The summed E-state index contributed by atoms with van der Waals surface area (Å²) in [5.41, 5.74) is 4.60. The van der Waals surface area contributed by atoms with Gasteiger partial charge >= 0.3 is 5.97 Å². The van der Waals surface area contributed by atoms with Crippen molar-refractivity contribution in [3.8, 4) is 5.75 Å². The van der Waals surface area contributed by atoms with Gasteiger partial charge in [-0.25, -0.2) is 0 Å². The molecule has 0 saturated carbocycles. The summed E-state index contributed by atoms with van der Waals surface area (Å²) in [5, 5.41) is 0. The van der Waals surface area contributed by atoms with Crippen LogP contribution in [-0.2, 0) is 23.9 Å². The van der Waals surface area contributed by atoms with Crippen molar-refractivity contribution >= 4 is 29.4 Å². The van der Waals surface area contributed by atoms with Gasteiger partial charge in [-0.2, -0.15) is 0 Å². The van der Waals surface area contributed by atoms with Crippen molar-refractivity contribution in [2.75, 3.05) is 24.7 Å². The number of benzene rings is 1. The molecule has 1 aromatic rings. The Hall–Kier alpha value is -3.10. The number of hydrogen-bond acceptors (Lipinski definition) is 6. The summed E-state index contributed by atoms with van der Waals surface area (Å²) in [6.07, 6.45) is 0.130. The third kappa shape index (κ3) is 4.70. The minimum atomic E-state index is -0.752. The lowest BCUT2D eigenvalue weighted by atomic mass is 10.2. The fourth-order valence-corrected chi connectivity index (χ4v) is 2.01. The van der Waals surface area contributed by atoms with Crippen LogP contribution in [0.25, 0.3) is 0 Å². The fraction of sp³-hybridized carbons (Fsp3) is 0.333. The number of hydrazine groups is 1. The molecular formula is C15H17N3O6. The molecule has 0 radical (unpaired) electrons. The van der Waals surface area contributed by atoms with Gasteiger partial charge in [0, 0.05) is 6.92 Å². The highest BCUT2D eigenvalue weighted by Crippen LogP contribution is 2.30. The highest BCUT2D eigenvalue weighted by atomic mass is 16.5. The summed E-state index contributed by atoms with van der Waals surface area (Å²) < 4.78 is 10.3. The first kappa shape index (κ1) is 17.3. The van der Waals surface area contributed by atoms with Crippen LogP contribution >= 0.6 is 0 Å². The van der Waals surface area contributed by atoms with Crippen molar-refractivity contribution in [1.82, 2.24) is 10.9 Å². The van der Waals surface area contributed by atoms with E-state index in [1.165, 1.54) is 11.8 Å². The van der Waals surface area contributed by atoms with Crippen LogP contribution in [0.2, 0.25) is 0 Å². The fourth-order valence-electron chi connectivity index (χ4n) is 2.01. The topological polar surface area (TPSA) is 114 Å². The summed E-state index contributed by atoms with van der Waals surface area (Å²) in [6, 6.07) is 6.85. The summed E-state index contributed by atoms with van der Waals surface area (Å²) in [6.45, 7) is 0.531. The number of ether oxygens (including phenoxy) is 2. The molecule has 0 saturated heterocycles. The van der Waals surface area contributed by atoms with Crippen molar-refractivity contribution < 1.29 is 28.7 Å². The molecule has 0 fully saturated rings. The molecule has 1 aliphatic rings. The standard InChI is InChI=1S/C15H17N3O6/c1-10(19)16-17-13(20)9-24-15(22)8-18-11-4-2-3-5-12(11)23-7-6-14(18)21/h2-5H,6-9H2,1H3,(H,16,19)(H,17,20). The number of esters is 1. The van der Waals surface area contributed by atoms with Gasteiger partial charge in [-0.3, -0.25) is 34.9 Å². The van der Waals surface area contributed by atoms with Gasteiger partial charge in [0.15, 0.2) is 6.61 Å². The van der Waals surface area contributed by atoms with Crippen LogP contribution in [0.15, 0.2) is 24.3 Å². The highest BCUT2D eigenvalue weighted by molar-refractivity contribution is 5.99. The number of rotatable bonds is 4. The van der Waals surface area contributed by atoms with E-state index in [0.717, 1.165) is 0 Å². The first-order valence-electron chi connectivity index (χ1n) is 7.20. The molecule has 0 bridgehead atoms. The second-order valence-corrected chi connectivity index (χ2v) is 4.94. The number of hydrogen-bond donors (Lipinski definition) is 2. The average molecular weight is 335 g/mol. The van der Waals surface area contributed by atoms with Crippen molar-refractivity contribution in [2.45, 2.75) is 13.3 Å². The molecule has 2 N–H and O–H groups in total. The Morgan fingerprint density at radius 1 is 1.25 bits per heavy atom. The van der Waals surface area contributed by atoms with E-state index in [1.54, 1.807) is 24.3 Å². The number of nitrogens with zero attached hydrogens (tertiary/aromatic N) is 1. The van der Waals surface area contributed by atoms with E-state index in [-0.39, 0.29) is 25.5 Å². The number of carbonyl (C=O) groups is 4. The molecule has 1 aliphatic heterocycles. The van der Waals surface area contributed by atoms with E-state index >= 15 is 0 Å². The third-order valence-electron chi connectivity index (χ3n) is 3.06. The molecule has 2 rings (SSSR count). The Labute approximate surface area is 137 Å². The highest BCUT2D eigenvalue weighted by Gasteiger charge is 2.25. The lowest BCUT2D eigenvalue weighted by Gasteiger charge is -2.20. The van der Waals surface area contributed by atoms with Crippen LogP contribution in [0.4, 0.5) is 5.69 Å². The number of carbonyl (C=O) groups excluding carboxylic acids is 4. The summed E-state index contributed by atoms with van der Waals surface area (Å²) in [4.78, 5) is 47.3. The van der Waals surface area contributed by atoms with Crippen LogP contribution in [-0.4, -0.2) is 43.4 Å². The summed E-state index contributed by atoms with van der Waals surface area (Å²) >= 11 is 0. The van der Waals surface area contributed by atoms with Gasteiger partial charge in [0.25, 0.3) is 5.91 Å². The maximum absolute atomic E-state index is 12.1. The van der Waals surface area contributed by atoms with Gasteiger partial charge in [-0.05, 0) is 12.1 Å². The Morgan fingerprint density at radius 2 is 2.00 bits per heavy atom. The van der Waals surface area contributed by atoms with Crippen molar-refractivity contribution in [3.63, 3.8) is 0 Å². The van der Waals surface area contributed by atoms with Crippen LogP contribution in [0.5, 0.6) is 5.75 Å². The van der Waals surface area contributed by atoms with Crippen molar-refractivity contribution in [3.05, 3.63) is 24.3 Å². The van der Waals surface area contributed by atoms with E-state index in [0.29, 0.717) is 11.4 Å². The van der Waals surface area contributed by atoms with Crippen molar-refractivity contribution in [2.24, 2.45) is 0 Å². The molecule has 0 aromatic heterocycles. The lowest BCUT2D eigenvalue weighted by Crippen LogP contribution is -2.43. The van der Waals surface area contributed by atoms with E-state index < -0.39 is 24.4 Å². The zero-order chi connectivity index (χ0) is 17.5. The molecule has 0 aliphatic carbocycles. The van der Waals surface area contributed by atoms with Crippen LogP contribution < -0.4 is 20.5 Å². The molecule has 9 nitrogen and oxygen atoms in total. The van der Waals surface area contributed by atoms with Crippen LogP contribution in [0, 0.1) is 0 Å². The van der Waals surface area contributed by atoms with Crippen molar-refractivity contribution in [1.29, 1.82) is 0 Å². The quantitative estimate of drug-likeness (QED) is 0.567. The van der Waals surface area contributed by atoms with E-state index in [1.807, 2.05) is 0 Å². The molecule has 0 unspecified atom stereocenters. The predicted octanol–water partition coefficient (Wildman–Crippen LogP) is -0.487. The van der Waals surface area contributed by atoms with Crippen LogP contribution in [0.3, 0.4) is 0 Å². The Balaban J connectivity index is 1.94. The first-order chi connectivity index (χ1) is 11.5. The Bertz CT molecular complexity index is 660. The predicted molar refractivity (Wildman–Crippen MR) is 81.8 cm³/mol. The maximum atomic E-state index is 12.1. The van der Waals surface area contributed by atoms with Gasteiger partial charge in [-0.1, -0.05) is 12.1 Å². The Morgan fingerprint density at radius 3 is 2.75 bits per heavy atom. The summed E-state index contributed by atoms with van der Waals surface area (Å²) in [5.74, 6) is -1.68. The van der Waals surface area contributed by atoms with E-state index in [9.17, 15) is 19.2 Å². The number of amides is 3. The molecule has 1 aromatic carbocycles. The lowest BCUT2D eigenvalue weighted by molar-refractivity contribution is -0.148. The minimum Gasteiger partial charge on any atom is -0.491 e. The van der Waals surface area contributed by atoms with Gasteiger partial charge in [0.2, 0.25) is 11.8 Å². The number of anilines is 1. The average Bonchev–Trinajstić information content (AvgIpc) is 2.71. The first-order valence-corrected chi connectivity index (χ1v) is 7.20. The number of fused-ring (bicyclic) bond motifs is 1.